The molecule has 0 aromatic rings. The molecule has 1 fully saturated rings. The fourth-order valence-electron chi connectivity index (χ4n) is 3.25. The van der Waals surface area contributed by atoms with Crippen molar-refractivity contribution in [1.29, 1.82) is 0 Å². The van der Waals surface area contributed by atoms with Crippen molar-refractivity contribution in [2.75, 3.05) is 26.2 Å². The highest BCUT2D eigenvalue weighted by molar-refractivity contribution is 5.72. The van der Waals surface area contributed by atoms with Gasteiger partial charge >= 0.3 is 5.97 Å². The number of hydrogen-bond acceptors (Lipinski definition) is 2. The van der Waals surface area contributed by atoms with Crippen LogP contribution >= 0.6 is 0 Å². The van der Waals surface area contributed by atoms with Gasteiger partial charge in [-0.15, -0.1) is 0 Å². The summed E-state index contributed by atoms with van der Waals surface area (Å²) in [6, 6.07) is 0. The smallest absolute Gasteiger partial charge is 0.314 e. The first kappa shape index (κ1) is 13.6. The van der Waals surface area contributed by atoms with Gasteiger partial charge < -0.3 is 9.64 Å². The molecule has 102 valence electrons. The molecule has 1 N–H and O–H groups in total. The molecule has 3 atom stereocenters. The highest BCUT2D eigenvalue weighted by atomic mass is 16.5. The molecule has 2 aliphatic rings. The Morgan fingerprint density at radius 3 is 3.00 bits per heavy atom. The van der Waals surface area contributed by atoms with E-state index in [1.807, 2.05) is 6.92 Å². The van der Waals surface area contributed by atoms with E-state index in [9.17, 15) is 4.79 Å². The molecule has 0 amide bonds. The van der Waals surface area contributed by atoms with Gasteiger partial charge in [0.1, 0.15) is 5.92 Å². The Hall–Kier alpha value is -0.830. The number of piperidine rings is 1. The first-order valence-corrected chi connectivity index (χ1v) is 7.44. The molecule has 1 aliphatic heterocycles. The molecule has 1 heterocycles. The Labute approximate surface area is 110 Å². The predicted molar refractivity (Wildman–Crippen MR) is 71.4 cm³/mol. The SMILES string of the molecule is CCOC(=O)[C@H]1CCC[NH+](C[C@H]2CC=CCC2)C1. The maximum absolute atomic E-state index is 11.8. The molecule has 3 heteroatoms. The third kappa shape index (κ3) is 3.84. The molecule has 0 saturated carbocycles. The molecule has 1 aliphatic carbocycles. The molecule has 3 nitrogen and oxygen atoms in total. The first-order valence-electron chi connectivity index (χ1n) is 7.44. The van der Waals surface area contributed by atoms with Crippen molar-refractivity contribution >= 4 is 5.97 Å². The molecule has 0 aromatic carbocycles. The summed E-state index contributed by atoms with van der Waals surface area (Å²) in [4.78, 5) is 13.4. The number of hydrogen-bond donors (Lipinski definition) is 1. The van der Waals surface area contributed by atoms with E-state index in [2.05, 4.69) is 12.2 Å². The van der Waals surface area contributed by atoms with Crippen LogP contribution in [0.3, 0.4) is 0 Å². The van der Waals surface area contributed by atoms with E-state index >= 15 is 0 Å². The maximum Gasteiger partial charge on any atom is 0.314 e. The van der Waals surface area contributed by atoms with E-state index in [4.69, 9.17) is 4.74 Å². The van der Waals surface area contributed by atoms with Crippen LogP contribution < -0.4 is 4.90 Å². The number of nitrogens with one attached hydrogen (secondary N) is 1. The van der Waals surface area contributed by atoms with Crippen LogP contribution in [-0.4, -0.2) is 32.2 Å². The van der Waals surface area contributed by atoms with Gasteiger partial charge in [-0.05, 0) is 39.0 Å². The van der Waals surface area contributed by atoms with Crippen molar-refractivity contribution in [3.8, 4) is 0 Å². The average Bonchev–Trinajstić information content (AvgIpc) is 2.40. The van der Waals surface area contributed by atoms with Crippen LogP contribution in [0.15, 0.2) is 12.2 Å². The van der Waals surface area contributed by atoms with Gasteiger partial charge in [0, 0.05) is 5.92 Å². The van der Waals surface area contributed by atoms with Crippen LogP contribution in [-0.2, 0) is 9.53 Å². The summed E-state index contributed by atoms with van der Waals surface area (Å²) >= 11 is 0. The minimum Gasteiger partial charge on any atom is -0.466 e. The summed E-state index contributed by atoms with van der Waals surface area (Å²) in [5, 5.41) is 0. The number of quaternary nitrogens is 1. The summed E-state index contributed by atoms with van der Waals surface area (Å²) in [7, 11) is 0. The molecule has 0 spiro atoms. The van der Waals surface area contributed by atoms with Crippen molar-refractivity contribution in [2.24, 2.45) is 11.8 Å². The highest BCUT2D eigenvalue weighted by Gasteiger charge is 2.30. The lowest BCUT2D eigenvalue weighted by Crippen LogP contribution is -3.14. The third-order valence-corrected chi connectivity index (χ3v) is 4.19. The molecule has 0 aromatic heterocycles. The molecule has 1 unspecified atom stereocenters. The van der Waals surface area contributed by atoms with E-state index < -0.39 is 0 Å². The van der Waals surface area contributed by atoms with Crippen LogP contribution in [0.5, 0.6) is 0 Å². The van der Waals surface area contributed by atoms with E-state index in [1.54, 1.807) is 4.90 Å². The van der Waals surface area contributed by atoms with Crippen LogP contribution in [0.4, 0.5) is 0 Å². The number of allylic oxidation sites excluding steroid dienone is 2. The molecular formula is C15H26NO2+. The number of likely N-dealkylation sites (tertiary alicyclic amines) is 1. The van der Waals surface area contributed by atoms with Crippen LogP contribution in [0.25, 0.3) is 0 Å². The Morgan fingerprint density at radius 2 is 2.28 bits per heavy atom. The van der Waals surface area contributed by atoms with Crippen molar-refractivity contribution in [1.82, 2.24) is 0 Å². The third-order valence-electron chi connectivity index (χ3n) is 4.19. The number of rotatable bonds is 4. The van der Waals surface area contributed by atoms with Gasteiger partial charge in [0.05, 0.1) is 26.2 Å². The normalized spacial score (nSPS) is 32.2. The van der Waals surface area contributed by atoms with E-state index in [0.29, 0.717) is 6.61 Å². The molecule has 1 saturated heterocycles. The molecule has 2 rings (SSSR count). The van der Waals surface area contributed by atoms with E-state index in [1.165, 1.54) is 38.8 Å². The van der Waals surface area contributed by atoms with Crippen LogP contribution in [0.2, 0.25) is 0 Å². The lowest BCUT2D eigenvalue weighted by Gasteiger charge is -2.31. The number of ether oxygens (including phenoxy) is 1. The van der Waals surface area contributed by atoms with Crippen LogP contribution in [0, 0.1) is 11.8 Å². The second kappa shape index (κ2) is 6.93. The number of carbonyl (C=O) groups excluding carboxylic acids is 1. The molecular weight excluding hydrogens is 226 g/mol. The average molecular weight is 252 g/mol. The standard InChI is InChI=1S/C15H25NO2/c1-2-18-15(17)14-9-6-10-16(12-14)11-13-7-4-3-5-8-13/h3-4,13-14H,2,5-12H2,1H3/p+1/t13-,14-/m0/s1. The van der Waals surface area contributed by atoms with Gasteiger partial charge in [-0.2, -0.15) is 0 Å². The van der Waals surface area contributed by atoms with Crippen LogP contribution in [0.1, 0.15) is 39.0 Å². The van der Waals surface area contributed by atoms with Gasteiger partial charge in [-0.25, -0.2) is 0 Å². The Balaban J connectivity index is 1.79. The lowest BCUT2D eigenvalue weighted by molar-refractivity contribution is -0.911. The van der Waals surface area contributed by atoms with E-state index in [0.717, 1.165) is 18.9 Å². The zero-order chi connectivity index (χ0) is 12.8. The first-order chi connectivity index (χ1) is 8.79. The number of carbonyl (C=O) groups is 1. The number of esters is 1. The Bertz CT molecular complexity index is 301. The highest BCUT2D eigenvalue weighted by Crippen LogP contribution is 2.17. The lowest BCUT2D eigenvalue weighted by atomic mass is 9.91. The van der Waals surface area contributed by atoms with Gasteiger partial charge in [0.2, 0.25) is 0 Å². The maximum atomic E-state index is 11.8. The van der Waals surface area contributed by atoms with E-state index in [-0.39, 0.29) is 11.9 Å². The predicted octanol–water partition coefficient (Wildman–Crippen LogP) is 1.20. The molecule has 18 heavy (non-hydrogen) atoms. The summed E-state index contributed by atoms with van der Waals surface area (Å²) in [6.45, 7) is 5.85. The van der Waals surface area contributed by atoms with Crippen molar-refractivity contribution in [3.63, 3.8) is 0 Å². The zero-order valence-corrected chi connectivity index (χ0v) is 11.5. The quantitative estimate of drug-likeness (QED) is 0.602. The minimum atomic E-state index is 0.0261. The Morgan fingerprint density at radius 1 is 1.39 bits per heavy atom. The van der Waals surface area contributed by atoms with Gasteiger partial charge in [-0.1, -0.05) is 12.2 Å². The van der Waals surface area contributed by atoms with Crippen molar-refractivity contribution < 1.29 is 14.4 Å². The fourth-order valence-corrected chi connectivity index (χ4v) is 3.25. The summed E-state index contributed by atoms with van der Waals surface area (Å²) in [5.41, 5.74) is 0. The van der Waals surface area contributed by atoms with Gasteiger partial charge in [-0.3, -0.25) is 4.79 Å². The molecule has 0 radical (unpaired) electrons. The van der Waals surface area contributed by atoms with Gasteiger partial charge in [0.25, 0.3) is 0 Å². The summed E-state index contributed by atoms with van der Waals surface area (Å²) < 4.78 is 5.16. The largest absolute Gasteiger partial charge is 0.466 e. The zero-order valence-electron chi connectivity index (χ0n) is 11.5. The molecule has 0 bridgehead atoms. The summed E-state index contributed by atoms with van der Waals surface area (Å²) in [6.07, 6.45) is 10.6. The van der Waals surface area contributed by atoms with Crippen molar-refractivity contribution in [3.05, 3.63) is 12.2 Å². The Kier molecular flexibility index (Phi) is 5.24. The topological polar surface area (TPSA) is 30.7 Å². The second-order valence-corrected chi connectivity index (χ2v) is 5.65. The minimum absolute atomic E-state index is 0.0261. The van der Waals surface area contributed by atoms with Gasteiger partial charge in [0.15, 0.2) is 0 Å². The monoisotopic (exact) mass is 252 g/mol. The second-order valence-electron chi connectivity index (χ2n) is 5.65. The van der Waals surface area contributed by atoms with Crippen molar-refractivity contribution in [2.45, 2.75) is 39.0 Å². The fraction of sp³-hybridized carbons (Fsp3) is 0.800. The summed E-state index contributed by atoms with van der Waals surface area (Å²) in [5.74, 6) is 0.997.